The molecule has 0 unspecified atom stereocenters. The summed E-state index contributed by atoms with van der Waals surface area (Å²) in [5.41, 5.74) is 1.40. The van der Waals surface area contributed by atoms with Gasteiger partial charge < -0.3 is 5.32 Å². The van der Waals surface area contributed by atoms with Gasteiger partial charge in [0.25, 0.3) is 0 Å². The van der Waals surface area contributed by atoms with Gasteiger partial charge in [-0.25, -0.2) is 0 Å². The van der Waals surface area contributed by atoms with E-state index in [0.717, 1.165) is 12.8 Å². The highest BCUT2D eigenvalue weighted by molar-refractivity contribution is 5.17. The van der Waals surface area contributed by atoms with Crippen LogP contribution in [-0.4, -0.2) is 7.05 Å². The van der Waals surface area contributed by atoms with Gasteiger partial charge in [0.15, 0.2) is 0 Å². The summed E-state index contributed by atoms with van der Waals surface area (Å²) >= 11 is 0. The third-order valence-corrected chi connectivity index (χ3v) is 1.34. The fraction of sp³-hybridized carbons (Fsp3) is 0.556. The van der Waals surface area contributed by atoms with Crippen molar-refractivity contribution in [1.82, 2.24) is 5.32 Å². The van der Waals surface area contributed by atoms with Crippen molar-refractivity contribution < 1.29 is 0 Å². The molecule has 0 amide bonds. The van der Waals surface area contributed by atoms with Crippen LogP contribution in [-0.2, 0) is 0 Å². The van der Waals surface area contributed by atoms with Gasteiger partial charge >= 0.3 is 0 Å². The molecule has 0 saturated carbocycles. The Labute approximate surface area is 63.8 Å². The second-order valence-electron chi connectivity index (χ2n) is 2.16. The first-order valence-corrected chi connectivity index (χ1v) is 3.88. The molecule has 58 valence electrons. The summed E-state index contributed by atoms with van der Waals surface area (Å²) < 4.78 is 0. The number of rotatable bonds is 4. The van der Waals surface area contributed by atoms with Crippen molar-refractivity contribution in [1.29, 1.82) is 0 Å². The largest absolute Gasteiger partial charge is 0.394 e. The Kier molecular flexibility index (Phi) is 5.94. The molecule has 0 aromatic heterocycles. The predicted molar refractivity (Wildman–Crippen MR) is 46.9 cm³/mol. The fourth-order valence-corrected chi connectivity index (χ4v) is 0.783. The van der Waals surface area contributed by atoms with Crippen molar-refractivity contribution in [2.24, 2.45) is 0 Å². The van der Waals surface area contributed by atoms with E-state index in [1.807, 2.05) is 13.2 Å². The maximum Gasteiger partial charge on any atom is 0.00277 e. The van der Waals surface area contributed by atoms with Crippen molar-refractivity contribution in [2.45, 2.75) is 26.7 Å². The molecule has 0 aliphatic carbocycles. The van der Waals surface area contributed by atoms with E-state index < -0.39 is 0 Å². The zero-order valence-electron chi connectivity index (χ0n) is 7.15. The zero-order chi connectivity index (χ0) is 7.82. The van der Waals surface area contributed by atoms with Crippen LogP contribution in [0, 0.1) is 0 Å². The topological polar surface area (TPSA) is 12.0 Å². The second kappa shape index (κ2) is 6.40. The minimum atomic E-state index is 1.12. The van der Waals surface area contributed by atoms with E-state index in [4.69, 9.17) is 0 Å². The SMILES string of the molecule is CC/C=C(/C=C\NC)CC. The standard InChI is InChI=1S/C9H17N/c1-4-6-9(5-2)7-8-10-3/h6-8,10H,4-5H2,1-3H3/b8-7-,9-6+. The van der Waals surface area contributed by atoms with E-state index in [2.05, 4.69) is 31.3 Å². The Bertz CT molecular complexity index is 123. The highest BCUT2D eigenvalue weighted by Crippen LogP contribution is 2.02. The van der Waals surface area contributed by atoms with E-state index in [1.54, 1.807) is 0 Å². The van der Waals surface area contributed by atoms with Gasteiger partial charge in [0.1, 0.15) is 0 Å². The second-order valence-corrected chi connectivity index (χ2v) is 2.16. The van der Waals surface area contributed by atoms with E-state index >= 15 is 0 Å². The maximum absolute atomic E-state index is 2.97. The summed E-state index contributed by atoms with van der Waals surface area (Å²) in [6.45, 7) is 4.32. The Hall–Kier alpha value is -0.720. The zero-order valence-corrected chi connectivity index (χ0v) is 7.15. The lowest BCUT2D eigenvalue weighted by molar-refractivity contribution is 1.06. The number of allylic oxidation sites excluding steroid dienone is 3. The van der Waals surface area contributed by atoms with Gasteiger partial charge in [-0.1, -0.05) is 25.5 Å². The van der Waals surface area contributed by atoms with Gasteiger partial charge in [0, 0.05) is 7.05 Å². The monoisotopic (exact) mass is 139 g/mol. The molecule has 0 rings (SSSR count). The minimum Gasteiger partial charge on any atom is -0.394 e. The van der Waals surface area contributed by atoms with Crippen LogP contribution in [0.1, 0.15) is 26.7 Å². The molecule has 1 nitrogen and oxygen atoms in total. The van der Waals surface area contributed by atoms with Crippen LogP contribution in [0.3, 0.4) is 0 Å². The van der Waals surface area contributed by atoms with Gasteiger partial charge in [-0.3, -0.25) is 0 Å². The Morgan fingerprint density at radius 2 is 2.10 bits per heavy atom. The molecule has 0 aromatic rings. The van der Waals surface area contributed by atoms with E-state index in [-0.39, 0.29) is 0 Å². The average Bonchev–Trinajstić information content (AvgIpc) is 1.98. The molecule has 0 bridgehead atoms. The highest BCUT2D eigenvalue weighted by Gasteiger charge is 1.83. The molecule has 1 heteroatoms. The number of hydrogen-bond acceptors (Lipinski definition) is 1. The van der Waals surface area contributed by atoms with Crippen LogP contribution in [0.4, 0.5) is 0 Å². The maximum atomic E-state index is 2.97. The van der Waals surface area contributed by atoms with Gasteiger partial charge in [0.2, 0.25) is 0 Å². The molecule has 0 aliphatic rings. The highest BCUT2D eigenvalue weighted by atomic mass is 14.8. The van der Waals surface area contributed by atoms with Gasteiger partial charge in [-0.2, -0.15) is 0 Å². The number of nitrogens with one attached hydrogen (secondary N) is 1. The molecule has 0 saturated heterocycles. The quantitative estimate of drug-likeness (QED) is 0.590. The molecule has 0 aliphatic heterocycles. The van der Waals surface area contributed by atoms with E-state index in [1.165, 1.54) is 5.57 Å². The third-order valence-electron chi connectivity index (χ3n) is 1.34. The molecule has 0 spiro atoms. The summed E-state index contributed by atoms with van der Waals surface area (Å²) in [5, 5.41) is 2.97. The lowest BCUT2D eigenvalue weighted by Crippen LogP contribution is -1.91. The Balaban J connectivity index is 3.82. The third kappa shape index (κ3) is 4.19. The Morgan fingerprint density at radius 3 is 2.50 bits per heavy atom. The molecule has 0 fully saturated rings. The first kappa shape index (κ1) is 9.28. The smallest absolute Gasteiger partial charge is 0.00277 e. The molecule has 0 aromatic carbocycles. The molecule has 10 heavy (non-hydrogen) atoms. The van der Waals surface area contributed by atoms with Crippen LogP contribution in [0.2, 0.25) is 0 Å². The Morgan fingerprint density at radius 1 is 1.40 bits per heavy atom. The van der Waals surface area contributed by atoms with Crippen LogP contribution in [0.15, 0.2) is 23.9 Å². The summed E-state index contributed by atoms with van der Waals surface area (Å²) in [4.78, 5) is 0. The van der Waals surface area contributed by atoms with Crippen LogP contribution in [0.25, 0.3) is 0 Å². The van der Waals surface area contributed by atoms with Gasteiger partial charge in [0.05, 0.1) is 0 Å². The summed E-state index contributed by atoms with van der Waals surface area (Å²) in [5.74, 6) is 0. The molecule has 0 radical (unpaired) electrons. The predicted octanol–water partition coefficient (Wildman–Crippen LogP) is 2.47. The van der Waals surface area contributed by atoms with Crippen molar-refractivity contribution in [3.05, 3.63) is 23.9 Å². The first-order chi connectivity index (χ1) is 4.85. The van der Waals surface area contributed by atoms with Crippen molar-refractivity contribution in [2.75, 3.05) is 7.05 Å². The van der Waals surface area contributed by atoms with Crippen LogP contribution < -0.4 is 5.32 Å². The van der Waals surface area contributed by atoms with E-state index in [0.29, 0.717) is 0 Å². The minimum absolute atomic E-state index is 1.12. The normalized spacial score (nSPS) is 12.5. The lowest BCUT2D eigenvalue weighted by Gasteiger charge is -1.94. The molecule has 0 heterocycles. The molecule has 1 N–H and O–H groups in total. The molecule has 0 atom stereocenters. The van der Waals surface area contributed by atoms with Crippen LogP contribution >= 0.6 is 0 Å². The van der Waals surface area contributed by atoms with Crippen LogP contribution in [0.5, 0.6) is 0 Å². The molecular formula is C9H17N. The lowest BCUT2D eigenvalue weighted by atomic mass is 10.2. The van der Waals surface area contributed by atoms with Crippen molar-refractivity contribution >= 4 is 0 Å². The summed E-state index contributed by atoms with van der Waals surface area (Å²) in [6.07, 6.45) is 8.56. The summed E-state index contributed by atoms with van der Waals surface area (Å²) in [7, 11) is 1.91. The number of hydrogen-bond donors (Lipinski definition) is 1. The fourth-order valence-electron chi connectivity index (χ4n) is 0.783. The first-order valence-electron chi connectivity index (χ1n) is 3.88. The van der Waals surface area contributed by atoms with E-state index in [9.17, 15) is 0 Å². The average molecular weight is 139 g/mol. The van der Waals surface area contributed by atoms with Gasteiger partial charge in [-0.05, 0) is 25.1 Å². The summed E-state index contributed by atoms with van der Waals surface area (Å²) in [6, 6.07) is 0. The van der Waals surface area contributed by atoms with Gasteiger partial charge in [-0.15, -0.1) is 0 Å². The van der Waals surface area contributed by atoms with Crippen molar-refractivity contribution in [3.8, 4) is 0 Å². The van der Waals surface area contributed by atoms with Crippen molar-refractivity contribution in [3.63, 3.8) is 0 Å². The molecular weight excluding hydrogens is 122 g/mol.